The average Bonchev–Trinajstić information content (AvgIpc) is 2.12. The average molecular weight is 226 g/mol. The van der Waals surface area contributed by atoms with Gasteiger partial charge in [0.05, 0.1) is 4.90 Å². The lowest BCUT2D eigenvalue weighted by atomic mass is 10.1. The van der Waals surface area contributed by atoms with Crippen LogP contribution in [0, 0.1) is 6.92 Å². The number of carbonyl (C=O) groups is 1. The molecule has 0 aliphatic rings. The van der Waals surface area contributed by atoms with Gasteiger partial charge in [0.15, 0.2) is 9.84 Å². The lowest BCUT2D eigenvalue weighted by Crippen LogP contribution is -2.00. The van der Waals surface area contributed by atoms with E-state index in [9.17, 15) is 13.2 Å². The zero-order valence-corrected chi connectivity index (χ0v) is 9.67. The topological polar surface area (TPSA) is 51.2 Å². The number of benzene rings is 1. The van der Waals surface area contributed by atoms with Crippen molar-refractivity contribution in [1.82, 2.24) is 0 Å². The Morgan fingerprint density at radius 2 is 2.00 bits per heavy atom. The minimum atomic E-state index is -3.14. The molecule has 0 saturated carbocycles. The largest absolute Gasteiger partial charge is 0.303 e. The monoisotopic (exact) mass is 226 g/mol. The van der Waals surface area contributed by atoms with E-state index in [4.69, 9.17) is 0 Å². The van der Waals surface area contributed by atoms with Gasteiger partial charge in [0.1, 0.15) is 6.29 Å². The molecule has 82 valence electrons. The van der Waals surface area contributed by atoms with Crippen LogP contribution in [0.3, 0.4) is 0 Å². The van der Waals surface area contributed by atoms with Crippen molar-refractivity contribution in [3.05, 3.63) is 29.3 Å². The van der Waals surface area contributed by atoms with Gasteiger partial charge in [-0.2, -0.15) is 0 Å². The van der Waals surface area contributed by atoms with Crippen LogP contribution in [0.1, 0.15) is 17.5 Å². The maximum atomic E-state index is 11.3. The molecular weight excluding hydrogens is 212 g/mol. The van der Waals surface area contributed by atoms with Crippen LogP contribution in [0.4, 0.5) is 0 Å². The molecule has 0 amide bonds. The summed E-state index contributed by atoms with van der Waals surface area (Å²) in [6.07, 6.45) is 3.19. The summed E-state index contributed by atoms with van der Waals surface area (Å²) in [5, 5.41) is 0. The number of aryl methyl sites for hydroxylation is 2. The van der Waals surface area contributed by atoms with Crippen LogP contribution >= 0.6 is 0 Å². The number of hydrogen-bond donors (Lipinski definition) is 0. The number of carbonyl (C=O) groups excluding carboxylic acids is 1. The highest BCUT2D eigenvalue weighted by Crippen LogP contribution is 2.17. The van der Waals surface area contributed by atoms with E-state index < -0.39 is 9.84 Å². The Kier molecular flexibility index (Phi) is 3.63. The van der Waals surface area contributed by atoms with E-state index in [-0.39, 0.29) is 0 Å². The SMILES string of the molecule is Cc1cc(CCC=O)ccc1S(C)(=O)=O. The Morgan fingerprint density at radius 3 is 2.47 bits per heavy atom. The first kappa shape index (κ1) is 11.9. The van der Waals surface area contributed by atoms with E-state index in [0.717, 1.165) is 17.4 Å². The Morgan fingerprint density at radius 1 is 1.33 bits per heavy atom. The van der Waals surface area contributed by atoms with Crippen LogP contribution in [0.5, 0.6) is 0 Å². The Labute approximate surface area is 90.0 Å². The summed E-state index contributed by atoms with van der Waals surface area (Å²) >= 11 is 0. The molecule has 0 aliphatic heterocycles. The first-order valence-electron chi connectivity index (χ1n) is 4.68. The molecule has 0 fully saturated rings. The van der Waals surface area contributed by atoms with Gasteiger partial charge in [0, 0.05) is 12.7 Å². The fraction of sp³-hybridized carbons (Fsp3) is 0.364. The predicted molar refractivity (Wildman–Crippen MR) is 58.7 cm³/mol. The smallest absolute Gasteiger partial charge is 0.175 e. The molecule has 1 aromatic rings. The maximum Gasteiger partial charge on any atom is 0.175 e. The summed E-state index contributed by atoms with van der Waals surface area (Å²) < 4.78 is 22.6. The van der Waals surface area contributed by atoms with Crippen LogP contribution in [0.25, 0.3) is 0 Å². The van der Waals surface area contributed by atoms with E-state index in [1.165, 1.54) is 6.26 Å². The van der Waals surface area contributed by atoms with Crippen LogP contribution in [-0.4, -0.2) is 21.0 Å². The van der Waals surface area contributed by atoms with Crippen LogP contribution < -0.4 is 0 Å². The molecule has 0 aromatic heterocycles. The van der Waals surface area contributed by atoms with Crippen molar-refractivity contribution in [2.75, 3.05) is 6.26 Å². The second-order valence-corrected chi connectivity index (χ2v) is 5.56. The third kappa shape index (κ3) is 3.16. The highest BCUT2D eigenvalue weighted by molar-refractivity contribution is 7.90. The van der Waals surface area contributed by atoms with Crippen molar-refractivity contribution < 1.29 is 13.2 Å². The molecule has 0 aliphatic carbocycles. The fourth-order valence-corrected chi connectivity index (χ4v) is 2.47. The molecule has 0 N–H and O–H groups in total. The van der Waals surface area contributed by atoms with Gasteiger partial charge < -0.3 is 4.79 Å². The van der Waals surface area contributed by atoms with Crippen LogP contribution in [0.15, 0.2) is 23.1 Å². The molecule has 15 heavy (non-hydrogen) atoms. The van der Waals surface area contributed by atoms with Crippen LogP contribution in [0.2, 0.25) is 0 Å². The van der Waals surface area contributed by atoms with Gasteiger partial charge in [-0.25, -0.2) is 8.42 Å². The third-order valence-electron chi connectivity index (χ3n) is 2.19. The Balaban J connectivity index is 3.04. The Hall–Kier alpha value is -1.16. The number of sulfone groups is 1. The highest BCUT2D eigenvalue weighted by Gasteiger charge is 2.10. The number of aldehydes is 1. The van der Waals surface area contributed by atoms with Gasteiger partial charge in [0.2, 0.25) is 0 Å². The predicted octanol–water partition coefficient (Wildman–Crippen LogP) is 1.53. The standard InChI is InChI=1S/C11H14O3S/c1-9-8-10(4-3-7-12)5-6-11(9)15(2,13)14/h5-8H,3-4H2,1-2H3. The van der Waals surface area contributed by atoms with Gasteiger partial charge in [-0.1, -0.05) is 12.1 Å². The van der Waals surface area contributed by atoms with Crippen molar-refractivity contribution >= 4 is 16.1 Å². The van der Waals surface area contributed by atoms with Crippen molar-refractivity contribution in [3.63, 3.8) is 0 Å². The minimum Gasteiger partial charge on any atom is -0.303 e. The molecule has 0 heterocycles. The van der Waals surface area contributed by atoms with Gasteiger partial charge in [-0.05, 0) is 30.5 Å². The summed E-state index contributed by atoms with van der Waals surface area (Å²) in [5.41, 5.74) is 1.73. The second-order valence-electron chi connectivity index (χ2n) is 3.58. The molecule has 0 bridgehead atoms. The summed E-state index contributed by atoms with van der Waals surface area (Å²) in [5.74, 6) is 0. The summed E-state index contributed by atoms with van der Waals surface area (Å²) in [6.45, 7) is 1.76. The zero-order chi connectivity index (χ0) is 11.5. The van der Waals surface area contributed by atoms with Gasteiger partial charge in [-0.3, -0.25) is 0 Å². The van der Waals surface area contributed by atoms with Crippen molar-refractivity contribution in [3.8, 4) is 0 Å². The molecule has 3 nitrogen and oxygen atoms in total. The third-order valence-corrected chi connectivity index (χ3v) is 3.45. The first-order valence-corrected chi connectivity index (χ1v) is 6.57. The van der Waals surface area contributed by atoms with Gasteiger partial charge in [0.25, 0.3) is 0 Å². The van der Waals surface area contributed by atoms with Crippen molar-refractivity contribution in [2.45, 2.75) is 24.7 Å². The molecule has 0 radical (unpaired) electrons. The van der Waals surface area contributed by atoms with E-state index in [2.05, 4.69) is 0 Å². The molecule has 1 aromatic carbocycles. The highest BCUT2D eigenvalue weighted by atomic mass is 32.2. The number of hydrogen-bond acceptors (Lipinski definition) is 3. The first-order chi connectivity index (χ1) is 6.95. The molecule has 0 atom stereocenters. The van der Waals surface area contributed by atoms with Crippen molar-refractivity contribution in [2.24, 2.45) is 0 Å². The quantitative estimate of drug-likeness (QED) is 0.732. The molecule has 4 heteroatoms. The van der Waals surface area contributed by atoms with Crippen molar-refractivity contribution in [1.29, 1.82) is 0 Å². The van der Waals surface area contributed by atoms with E-state index in [0.29, 0.717) is 17.7 Å². The van der Waals surface area contributed by atoms with Gasteiger partial charge in [-0.15, -0.1) is 0 Å². The fourth-order valence-electron chi connectivity index (χ4n) is 1.51. The van der Waals surface area contributed by atoms with Gasteiger partial charge >= 0.3 is 0 Å². The molecule has 0 spiro atoms. The number of rotatable bonds is 4. The minimum absolute atomic E-state index is 0.359. The molecular formula is C11H14O3S. The normalized spacial score (nSPS) is 11.3. The van der Waals surface area contributed by atoms with E-state index in [1.807, 2.05) is 6.07 Å². The molecule has 1 rings (SSSR count). The maximum absolute atomic E-state index is 11.3. The second kappa shape index (κ2) is 4.57. The van der Waals surface area contributed by atoms with E-state index in [1.54, 1.807) is 19.1 Å². The summed E-state index contributed by atoms with van der Waals surface area (Å²) in [4.78, 5) is 10.6. The lowest BCUT2D eigenvalue weighted by Gasteiger charge is -2.05. The molecule has 0 saturated heterocycles. The lowest BCUT2D eigenvalue weighted by molar-refractivity contribution is -0.107. The van der Waals surface area contributed by atoms with Crippen LogP contribution in [-0.2, 0) is 21.1 Å². The Bertz CT molecular complexity index is 461. The summed E-state index contributed by atoms with van der Waals surface area (Å²) in [6, 6.07) is 5.18. The summed E-state index contributed by atoms with van der Waals surface area (Å²) in [7, 11) is -3.14. The van der Waals surface area contributed by atoms with E-state index >= 15 is 0 Å². The zero-order valence-electron chi connectivity index (χ0n) is 8.86. The molecule has 0 unspecified atom stereocenters.